The molecule has 0 radical (unpaired) electrons. The fourth-order valence-electron chi connectivity index (χ4n) is 1.03. The molecule has 16 heavy (non-hydrogen) atoms. The summed E-state index contributed by atoms with van der Waals surface area (Å²) in [5.74, 6) is -2.06. The number of hydrogen-bond donors (Lipinski definition) is 1. The number of rotatable bonds is 2. The third-order valence-corrected chi connectivity index (χ3v) is 1.77. The minimum atomic E-state index is -1.37. The molecule has 5 heteroatoms. The Morgan fingerprint density at radius 3 is 2.62 bits per heavy atom. The number of nitrogens with zero attached hydrogens (tertiary/aromatic N) is 2. The topological polar surface area (TPSA) is 84.9 Å². The Labute approximate surface area is 90.5 Å². The van der Waals surface area contributed by atoms with Crippen LogP contribution in [0.25, 0.3) is 6.08 Å². The molecule has 4 nitrogen and oxygen atoms in total. The number of hydrogen-bond acceptors (Lipinski definition) is 3. The summed E-state index contributed by atoms with van der Waals surface area (Å²) in [5.41, 5.74) is -0.385. The van der Waals surface area contributed by atoms with Crippen molar-refractivity contribution in [2.75, 3.05) is 0 Å². The smallest absolute Gasteiger partial charge is 0.346 e. The highest BCUT2D eigenvalue weighted by Gasteiger charge is 2.07. The zero-order chi connectivity index (χ0) is 12.1. The van der Waals surface area contributed by atoms with E-state index in [1.54, 1.807) is 6.07 Å². The van der Waals surface area contributed by atoms with Crippen LogP contribution < -0.4 is 0 Å². The van der Waals surface area contributed by atoms with Crippen LogP contribution in [-0.4, -0.2) is 11.1 Å². The van der Waals surface area contributed by atoms with E-state index in [1.165, 1.54) is 18.2 Å². The minimum absolute atomic E-state index is 0.198. The van der Waals surface area contributed by atoms with Crippen molar-refractivity contribution in [1.29, 1.82) is 10.5 Å². The maximum atomic E-state index is 12.9. The lowest BCUT2D eigenvalue weighted by Gasteiger charge is -1.96. The maximum absolute atomic E-state index is 12.9. The Morgan fingerprint density at radius 1 is 1.44 bits per heavy atom. The molecule has 0 bridgehead atoms. The molecule has 0 aromatic heterocycles. The zero-order valence-corrected chi connectivity index (χ0v) is 7.94. The molecule has 0 fully saturated rings. The van der Waals surface area contributed by atoms with Gasteiger partial charge in [0.05, 0.1) is 5.56 Å². The number of aliphatic carboxylic acids is 1. The zero-order valence-electron chi connectivity index (χ0n) is 7.94. The van der Waals surface area contributed by atoms with Crippen molar-refractivity contribution < 1.29 is 14.3 Å². The average Bonchev–Trinajstić information content (AvgIpc) is 2.27. The van der Waals surface area contributed by atoms with Crippen LogP contribution >= 0.6 is 0 Å². The highest BCUT2D eigenvalue weighted by molar-refractivity contribution is 5.96. The number of carbonyl (C=O) groups is 1. The average molecular weight is 216 g/mol. The van der Waals surface area contributed by atoms with E-state index in [-0.39, 0.29) is 11.1 Å². The van der Waals surface area contributed by atoms with Gasteiger partial charge in [0.2, 0.25) is 0 Å². The van der Waals surface area contributed by atoms with Crippen LogP contribution in [0.2, 0.25) is 0 Å². The lowest BCUT2D eigenvalue weighted by molar-refractivity contribution is -0.132. The van der Waals surface area contributed by atoms with Crippen LogP contribution in [0.1, 0.15) is 11.1 Å². The van der Waals surface area contributed by atoms with Gasteiger partial charge in [-0.3, -0.25) is 0 Å². The van der Waals surface area contributed by atoms with Crippen molar-refractivity contribution in [3.05, 3.63) is 40.7 Å². The molecule has 1 aromatic rings. The van der Waals surface area contributed by atoms with Gasteiger partial charge in [0.1, 0.15) is 23.5 Å². The molecule has 0 saturated carbocycles. The molecular formula is C11H5FN2O2. The predicted octanol–water partition coefficient (Wildman–Crippen LogP) is 1.69. The molecule has 0 spiro atoms. The Morgan fingerprint density at radius 2 is 2.12 bits per heavy atom. The lowest BCUT2D eigenvalue weighted by atomic mass is 10.1. The molecule has 1 rings (SSSR count). The third kappa shape index (κ3) is 2.43. The van der Waals surface area contributed by atoms with E-state index in [0.29, 0.717) is 0 Å². The Bertz CT molecular complexity index is 550. The molecular weight excluding hydrogens is 211 g/mol. The molecule has 0 aliphatic rings. The summed E-state index contributed by atoms with van der Waals surface area (Å²) >= 11 is 0. The van der Waals surface area contributed by atoms with Crippen LogP contribution in [-0.2, 0) is 4.79 Å². The summed E-state index contributed by atoms with van der Waals surface area (Å²) in [6.45, 7) is 0. The Kier molecular flexibility index (Phi) is 3.37. The van der Waals surface area contributed by atoms with Gasteiger partial charge in [-0.1, -0.05) is 6.07 Å². The summed E-state index contributed by atoms with van der Waals surface area (Å²) in [5, 5.41) is 25.6. The second kappa shape index (κ2) is 4.72. The SMILES string of the molecule is N#C/C(=C\c1ccc(F)c(C#N)c1)C(=O)O. The van der Waals surface area contributed by atoms with E-state index < -0.39 is 17.4 Å². The molecule has 1 aromatic carbocycles. The standard InChI is InChI=1S/C11H5FN2O2/c12-10-2-1-7(3-8(10)5-13)4-9(6-14)11(15)16/h1-4H,(H,15,16)/b9-4+. The van der Waals surface area contributed by atoms with Crippen LogP contribution in [0, 0.1) is 28.5 Å². The van der Waals surface area contributed by atoms with Gasteiger partial charge < -0.3 is 5.11 Å². The Hall–Kier alpha value is -2.66. The first-order chi connectivity index (χ1) is 7.58. The van der Waals surface area contributed by atoms with Crippen molar-refractivity contribution in [2.45, 2.75) is 0 Å². The van der Waals surface area contributed by atoms with E-state index in [9.17, 15) is 9.18 Å². The van der Waals surface area contributed by atoms with Gasteiger partial charge in [-0.25, -0.2) is 9.18 Å². The molecule has 0 amide bonds. The molecule has 1 N–H and O–H groups in total. The number of halogens is 1. The quantitative estimate of drug-likeness (QED) is 0.602. The van der Waals surface area contributed by atoms with Crippen LogP contribution in [0.15, 0.2) is 23.8 Å². The van der Waals surface area contributed by atoms with Crippen LogP contribution in [0.4, 0.5) is 4.39 Å². The van der Waals surface area contributed by atoms with E-state index in [2.05, 4.69) is 0 Å². The third-order valence-electron chi connectivity index (χ3n) is 1.77. The lowest BCUT2D eigenvalue weighted by Crippen LogP contribution is -1.97. The fraction of sp³-hybridized carbons (Fsp3) is 0. The van der Waals surface area contributed by atoms with Crippen molar-refractivity contribution in [3.8, 4) is 12.1 Å². The first-order valence-electron chi connectivity index (χ1n) is 4.13. The van der Waals surface area contributed by atoms with Gasteiger partial charge >= 0.3 is 5.97 Å². The van der Waals surface area contributed by atoms with Crippen molar-refractivity contribution in [2.24, 2.45) is 0 Å². The number of nitriles is 2. The first-order valence-corrected chi connectivity index (χ1v) is 4.13. The van der Waals surface area contributed by atoms with Crippen molar-refractivity contribution >= 4 is 12.0 Å². The molecule has 0 unspecified atom stereocenters. The summed E-state index contributed by atoms with van der Waals surface area (Å²) in [4.78, 5) is 10.5. The van der Waals surface area contributed by atoms with E-state index in [1.807, 2.05) is 0 Å². The van der Waals surface area contributed by atoms with Gasteiger partial charge in [-0.15, -0.1) is 0 Å². The summed E-state index contributed by atoms with van der Waals surface area (Å²) in [6, 6.07) is 6.62. The fourth-order valence-corrected chi connectivity index (χ4v) is 1.03. The molecule has 0 heterocycles. The summed E-state index contributed by atoms with van der Waals surface area (Å²) in [7, 11) is 0. The normalized spacial score (nSPS) is 10.3. The van der Waals surface area contributed by atoms with Gasteiger partial charge in [-0.2, -0.15) is 10.5 Å². The number of carboxylic acid groups (broad SMARTS) is 1. The first kappa shape index (κ1) is 11.4. The second-order valence-electron chi connectivity index (χ2n) is 2.83. The van der Waals surface area contributed by atoms with E-state index in [0.717, 1.165) is 12.1 Å². The minimum Gasteiger partial charge on any atom is -0.477 e. The number of benzene rings is 1. The predicted molar refractivity (Wildman–Crippen MR) is 52.3 cm³/mol. The van der Waals surface area contributed by atoms with Crippen molar-refractivity contribution in [3.63, 3.8) is 0 Å². The highest BCUT2D eigenvalue weighted by atomic mass is 19.1. The number of carboxylic acids is 1. The molecule has 0 saturated heterocycles. The molecule has 0 atom stereocenters. The molecule has 78 valence electrons. The van der Waals surface area contributed by atoms with Gasteiger partial charge in [-0.05, 0) is 23.8 Å². The molecule has 0 aliphatic carbocycles. The Balaban J connectivity index is 3.23. The van der Waals surface area contributed by atoms with E-state index in [4.69, 9.17) is 15.6 Å². The molecule has 0 aliphatic heterocycles. The van der Waals surface area contributed by atoms with Gasteiger partial charge in [0.15, 0.2) is 0 Å². The second-order valence-corrected chi connectivity index (χ2v) is 2.83. The largest absolute Gasteiger partial charge is 0.477 e. The monoisotopic (exact) mass is 216 g/mol. The highest BCUT2D eigenvalue weighted by Crippen LogP contribution is 2.12. The summed E-state index contributed by atoms with van der Waals surface area (Å²) in [6.07, 6.45) is 1.07. The summed E-state index contributed by atoms with van der Waals surface area (Å²) < 4.78 is 12.9. The maximum Gasteiger partial charge on any atom is 0.346 e. The van der Waals surface area contributed by atoms with Gasteiger partial charge in [0.25, 0.3) is 0 Å². The van der Waals surface area contributed by atoms with Crippen LogP contribution in [0.3, 0.4) is 0 Å². The van der Waals surface area contributed by atoms with Crippen LogP contribution in [0.5, 0.6) is 0 Å². The van der Waals surface area contributed by atoms with Gasteiger partial charge in [0, 0.05) is 0 Å². The van der Waals surface area contributed by atoms with E-state index >= 15 is 0 Å². The van der Waals surface area contributed by atoms with Crippen molar-refractivity contribution in [1.82, 2.24) is 0 Å².